The Hall–Kier alpha value is -0.363. The van der Waals surface area contributed by atoms with Crippen LogP contribution >= 0.6 is 0 Å². The largest absolute Gasteiger partial charge is 1.00 e. The van der Waals surface area contributed by atoms with E-state index in [-0.39, 0.29) is 23.8 Å². The Bertz CT molecular complexity index is 434. The van der Waals surface area contributed by atoms with E-state index in [4.69, 9.17) is 13.0 Å². The van der Waals surface area contributed by atoms with E-state index in [9.17, 15) is 8.42 Å². The summed E-state index contributed by atoms with van der Waals surface area (Å²) >= 11 is 0. The molecule has 1 aromatic carbocycles. The van der Waals surface area contributed by atoms with E-state index in [1.165, 1.54) is 24.3 Å². The zero-order valence-electron chi connectivity index (χ0n) is 7.78. The molecule has 9 heteroatoms. The molecule has 0 saturated heterocycles. The Morgan fingerprint density at radius 1 is 1.27 bits per heavy atom. The molecule has 0 heterocycles. The quantitative estimate of drug-likeness (QED) is 0.308. The van der Waals surface area contributed by atoms with Crippen LogP contribution in [0.5, 0.6) is 0 Å². The van der Waals surface area contributed by atoms with Crippen LogP contribution in [-0.4, -0.2) is 13.0 Å². The van der Waals surface area contributed by atoms with Crippen molar-refractivity contribution in [1.29, 1.82) is 0 Å². The van der Waals surface area contributed by atoms with Crippen molar-refractivity contribution in [2.75, 3.05) is 0 Å². The molecule has 0 fully saturated rings. The first-order valence-electron chi connectivity index (χ1n) is 3.11. The van der Waals surface area contributed by atoms with Crippen LogP contribution in [0, 0.1) is 6.07 Å². The minimum absolute atomic E-state index is 0. The van der Waals surface area contributed by atoms with Gasteiger partial charge in [0.15, 0.2) is 0 Å². The molecule has 79 valence electrons. The van der Waals surface area contributed by atoms with Crippen molar-refractivity contribution < 1.29 is 40.2 Å². The summed E-state index contributed by atoms with van der Waals surface area (Å²) in [4.78, 5) is -0.105. The van der Waals surface area contributed by atoms with E-state index >= 15 is 0 Å². The van der Waals surface area contributed by atoms with Gasteiger partial charge in [0.05, 0.1) is 4.90 Å². The van der Waals surface area contributed by atoms with Gasteiger partial charge in [-0.2, -0.15) is 8.42 Å². The predicted octanol–water partition coefficient (Wildman–Crippen LogP) is -3.09. The average molecular weight is 244 g/mol. The van der Waals surface area contributed by atoms with Crippen LogP contribution < -0.4 is 24.0 Å². The van der Waals surface area contributed by atoms with E-state index in [0.29, 0.717) is 0 Å². The number of hydrogen-bond donors (Lipinski definition) is 2. The van der Waals surface area contributed by atoms with E-state index in [0.717, 1.165) is 0 Å². The molecule has 0 unspecified atom stereocenters. The fraction of sp³-hybridized carbons (Fsp3) is 0. The molecule has 0 bridgehead atoms. The third-order valence-corrected chi connectivity index (χ3v) is 1.85. The number of hydrogen-bond acceptors (Lipinski definition) is 5. The molecule has 0 aliphatic heterocycles. The van der Waals surface area contributed by atoms with Gasteiger partial charge in [-0.1, -0.05) is 12.1 Å². The number of benzene rings is 1. The second-order valence-electron chi connectivity index (χ2n) is 1.97. The molecular weight excluding hydrogens is 237 g/mol. The zero-order valence-corrected chi connectivity index (χ0v) is 9.42. The standard InChI is InChI=1S/C6H5O3S.Li.H2NO2S/c7-10(8,9)6-4-2-1-3-5-6;;1-4(2)3/h2-5H,(H,7,8,9);;(H2,1,2,3)/q;+1;-1. The fourth-order valence-electron chi connectivity index (χ4n) is 0.544. The van der Waals surface area contributed by atoms with Crippen molar-refractivity contribution >= 4 is 21.0 Å². The Balaban J connectivity index is 0. The van der Waals surface area contributed by atoms with Crippen molar-refractivity contribution in [1.82, 2.24) is 0 Å². The van der Waals surface area contributed by atoms with Gasteiger partial charge in [0.2, 0.25) is 0 Å². The van der Waals surface area contributed by atoms with Crippen molar-refractivity contribution in [3.05, 3.63) is 30.3 Å². The van der Waals surface area contributed by atoms with Crippen LogP contribution in [0.4, 0.5) is 0 Å². The third-order valence-electron chi connectivity index (χ3n) is 0.986. The molecule has 0 aliphatic rings. The number of rotatable bonds is 1. The summed E-state index contributed by atoms with van der Waals surface area (Å²) in [6.45, 7) is 0. The summed E-state index contributed by atoms with van der Waals surface area (Å²) in [6.07, 6.45) is 0. The molecule has 6 nitrogen and oxygen atoms in total. The maximum atomic E-state index is 10.4. The van der Waals surface area contributed by atoms with Gasteiger partial charge < -0.3 is 13.6 Å². The first-order valence-corrected chi connectivity index (χ1v) is 5.69. The summed E-state index contributed by atoms with van der Waals surface area (Å²) in [5, 5.41) is 4.03. The average Bonchev–Trinajstić information content (AvgIpc) is 2.03. The van der Waals surface area contributed by atoms with Gasteiger partial charge in [-0.05, 0) is 29.1 Å². The Morgan fingerprint density at radius 3 is 1.80 bits per heavy atom. The minimum atomic E-state index is -4.02. The predicted molar refractivity (Wildman–Crippen MR) is 48.0 cm³/mol. The maximum absolute atomic E-state index is 10.4. The van der Waals surface area contributed by atoms with Crippen molar-refractivity contribution in [2.45, 2.75) is 4.90 Å². The van der Waals surface area contributed by atoms with Gasteiger partial charge in [0, 0.05) is 0 Å². The fourth-order valence-corrected chi connectivity index (χ4v) is 1.02. The van der Waals surface area contributed by atoms with E-state index < -0.39 is 21.0 Å². The normalized spacial score (nSPS) is 9.80. The number of nitrogens with two attached hydrogens (primary N) is 1. The molecule has 15 heavy (non-hydrogen) atoms. The second-order valence-corrected chi connectivity index (χ2v) is 3.91. The van der Waals surface area contributed by atoms with Gasteiger partial charge in [0.25, 0.3) is 10.1 Å². The Morgan fingerprint density at radius 2 is 1.60 bits per heavy atom. The van der Waals surface area contributed by atoms with Gasteiger partial charge in [-0.25, -0.2) is 0 Å². The van der Waals surface area contributed by atoms with Gasteiger partial charge in [-0.15, -0.1) is 0 Å². The smallest absolute Gasteiger partial charge is 0.409 e. The SMILES string of the molecule is N[S-](=O)=O.O=S(=O)(O)c1cc[c]cc1.[Li+]. The molecule has 0 aliphatic carbocycles. The molecule has 1 aromatic rings. The summed E-state index contributed by atoms with van der Waals surface area (Å²) in [7, 11) is -6.38. The van der Waals surface area contributed by atoms with Crippen LogP contribution in [0.1, 0.15) is 0 Å². The van der Waals surface area contributed by atoms with E-state index in [2.05, 4.69) is 11.2 Å². The van der Waals surface area contributed by atoms with Gasteiger partial charge in [-0.3, -0.25) is 4.55 Å². The summed E-state index contributed by atoms with van der Waals surface area (Å²) in [5.74, 6) is 0. The Kier molecular flexibility index (Phi) is 8.94. The minimum Gasteiger partial charge on any atom is -0.409 e. The van der Waals surface area contributed by atoms with Crippen LogP contribution in [0.25, 0.3) is 0 Å². The summed E-state index contributed by atoms with van der Waals surface area (Å²) < 4.78 is 46.8. The molecule has 3 N–H and O–H groups in total. The van der Waals surface area contributed by atoms with Crippen LogP contribution in [0.15, 0.2) is 29.2 Å². The molecule has 0 amide bonds. The van der Waals surface area contributed by atoms with E-state index in [1.807, 2.05) is 0 Å². The van der Waals surface area contributed by atoms with Crippen molar-refractivity contribution in [3.63, 3.8) is 0 Å². The molecule has 0 spiro atoms. The van der Waals surface area contributed by atoms with Crippen molar-refractivity contribution in [2.24, 2.45) is 5.14 Å². The van der Waals surface area contributed by atoms with Crippen molar-refractivity contribution in [3.8, 4) is 0 Å². The second kappa shape index (κ2) is 7.87. The Labute approximate surface area is 101 Å². The van der Waals surface area contributed by atoms with E-state index in [1.54, 1.807) is 0 Å². The van der Waals surface area contributed by atoms with Gasteiger partial charge in [0.1, 0.15) is 0 Å². The van der Waals surface area contributed by atoms with Crippen LogP contribution in [0.3, 0.4) is 0 Å². The topological polar surface area (TPSA) is 115 Å². The maximum Gasteiger partial charge on any atom is 1.00 e. The zero-order chi connectivity index (χ0) is 11.2. The van der Waals surface area contributed by atoms with Gasteiger partial charge >= 0.3 is 18.9 Å². The molecule has 1 rings (SSSR count). The molecule has 1 radical (unpaired) electrons. The summed E-state index contributed by atoms with van der Waals surface area (Å²) in [6, 6.07) is 8.02. The molecular formula is C6H7LiNO5S2. The first-order chi connectivity index (χ1) is 6.34. The monoisotopic (exact) mass is 244 g/mol. The molecule has 0 aromatic heterocycles. The third kappa shape index (κ3) is 9.93. The summed E-state index contributed by atoms with van der Waals surface area (Å²) in [5.41, 5.74) is 0. The van der Waals surface area contributed by atoms with Crippen LogP contribution in [-0.2, 0) is 29.4 Å². The first kappa shape index (κ1) is 17.0. The molecule has 0 atom stereocenters. The van der Waals surface area contributed by atoms with Crippen LogP contribution in [0.2, 0.25) is 0 Å². The molecule has 0 saturated carbocycles.